The molecular formula is C18H24N2O2. The molecule has 0 aliphatic heterocycles. The third kappa shape index (κ3) is 2.29. The summed E-state index contributed by atoms with van der Waals surface area (Å²) in [6.45, 7) is 2.18. The van der Waals surface area contributed by atoms with E-state index in [2.05, 4.69) is 12.2 Å². The van der Waals surface area contributed by atoms with Crippen molar-refractivity contribution in [1.82, 2.24) is 5.32 Å². The zero-order valence-corrected chi connectivity index (χ0v) is 13.1. The van der Waals surface area contributed by atoms with Gasteiger partial charge in [0.05, 0.1) is 5.56 Å². The maximum Gasteiger partial charge on any atom is 0.251 e. The van der Waals surface area contributed by atoms with E-state index in [0.717, 1.165) is 17.8 Å². The summed E-state index contributed by atoms with van der Waals surface area (Å²) in [5.41, 5.74) is 0.890. The van der Waals surface area contributed by atoms with Crippen molar-refractivity contribution in [3.05, 3.63) is 35.3 Å². The van der Waals surface area contributed by atoms with Gasteiger partial charge in [0, 0.05) is 18.2 Å². The van der Waals surface area contributed by atoms with Crippen molar-refractivity contribution in [3.8, 4) is 0 Å². The Morgan fingerprint density at radius 2 is 1.68 bits per heavy atom. The molecule has 4 aliphatic carbocycles. The van der Waals surface area contributed by atoms with Crippen molar-refractivity contribution in [2.24, 2.45) is 23.2 Å². The summed E-state index contributed by atoms with van der Waals surface area (Å²) < 4.78 is 0.708. The lowest BCUT2D eigenvalue weighted by atomic mass is 9.48. The van der Waals surface area contributed by atoms with Gasteiger partial charge in [-0.15, -0.1) is 0 Å². The second-order valence-electron chi connectivity index (χ2n) is 7.92. The van der Waals surface area contributed by atoms with Crippen LogP contribution in [0.3, 0.4) is 0 Å². The molecule has 4 fully saturated rings. The minimum atomic E-state index is -0.0520. The van der Waals surface area contributed by atoms with Crippen LogP contribution in [0.15, 0.2) is 24.5 Å². The fraction of sp³-hybridized carbons (Fsp3) is 0.667. The second-order valence-corrected chi connectivity index (χ2v) is 7.92. The van der Waals surface area contributed by atoms with Gasteiger partial charge in [-0.2, -0.15) is 4.73 Å². The normalized spacial score (nSPS) is 37.0. The Labute approximate surface area is 131 Å². The van der Waals surface area contributed by atoms with E-state index in [1.807, 2.05) is 0 Å². The van der Waals surface area contributed by atoms with Crippen molar-refractivity contribution >= 4 is 5.91 Å². The second kappa shape index (κ2) is 4.97. The molecule has 4 aliphatic rings. The molecule has 4 heteroatoms. The minimum absolute atomic E-state index is 0.0520. The number of hydrogen-bond donors (Lipinski definition) is 1. The molecule has 1 heterocycles. The average Bonchev–Trinajstić information content (AvgIpc) is 2.46. The van der Waals surface area contributed by atoms with Crippen LogP contribution in [0, 0.1) is 28.4 Å². The summed E-state index contributed by atoms with van der Waals surface area (Å²) >= 11 is 0. The van der Waals surface area contributed by atoms with Crippen molar-refractivity contribution < 1.29 is 9.52 Å². The Balaban J connectivity index is 1.49. The van der Waals surface area contributed by atoms with Crippen molar-refractivity contribution in [2.45, 2.75) is 51.5 Å². The molecule has 1 amide bonds. The van der Waals surface area contributed by atoms with Crippen LogP contribution in [0.4, 0.5) is 0 Å². The van der Waals surface area contributed by atoms with Gasteiger partial charge in [-0.05, 0) is 68.6 Å². The lowest BCUT2D eigenvalue weighted by Crippen LogP contribution is -2.55. The van der Waals surface area contributed by atoms with E-state index in [-0.39, 0.29) is 11.9 Å². The van der Waals surface area contributed by atoms with E-state index in [9.17, 15) is 10.0 Å². The summed E-state index contributed by atoms with van der Waals surface area (Å²) in [7, 11) is 0. The van der Waals surface area contributed by atoms with Crippen molar-refractivity contribution in [3.63, 3.8) is 0 Å². The highest BCUT2D eigenvalue weighted by molar-refractivity contribution is 5.94. The molecule has 4 bridgehead atoms. The number of carbonyl (C=O) groups is 1. The van der Waals surface area contributed by atoms with Crippen LogP contribution < -0.4 is 10.0 Å². The molecule has 1 unspecified atom stereocenters. The van der Waals surface area contributed by atoms with Crippen LogP contribution in [-0.4, -0.2) is 11.9 Å². The predicted octanol–water partition coefficient (Wildman–Crippen LogP) is 2.65. The van der Waals surface area contributed by atoms with Gasteiger partial charge in [-0.3, -0.25) is 4.79 Å². The average molecular weight is 300 g/mol. The van der Waals surface area contributed by atoms with Crippen molar-refractivity contribution in [2.75, 3.05) is 0 Å². The Bertz CT molecular complexity index is 546. The first-order valence-electron chi connectivity index (χ1n) is 8.54. The molecule has 1 aromatic heterocycles. The van der Waals surface area contributed by atoms with Crippen LogP contribution in [0.5, 0.6) is 0 Å². The molecule has 1 atom stereocenters. The van der Waals surface area contributed by atoms with Crippen LogP contribution in [0.1, 0.15) is 55.8 Å². The van der Waals surface area contributed by atoms with Crippen LogP contribution in [0.25, 0.3) is 0 Å². The predicted molar refractivity (Wildman–Crippen MR) is 82.9 cm³/mol. The first kappa shape index (κ1) is 14.0. The number of carbonyl (C=O) groups excluding carboxylic acids is 1. The fourth-order valence-electron chi connectivity index (χ4n) is 5.71. The van der Waals surface area contributed by atoms with Crippen molar-refractivity contribution in [1.29, 1.82) is 0 Å². The minimum Gasteiger partial charge on any atom is -0.619 e. The number of hydrogen-bond acceptors (Lipinski definition) is 2. The largest absolute Gasteiger partial charge is 0.619 e. The maximum absolute atomic E-state index is 12.4. The third-order valence-corrected chi connectivity index (χ3v) is 6.42. The maximum atomic E-state index is 12.4. The summed E-state index contributed by atoms with van der Waals surface area (Å²) in [6.07, 6.45) is 10.9. The standard InChI is InChI=1S/C18H24N2O2/c1-12(19-17(21)16-2-4-20(22)5-3-16)18-9-13-6-14(10-18)8-15(7-13)11-18/h2-5,12-15H,6-11H2,1H3,(H,19,21). The highest BCUT2D eigenvalue weighted by Gasteiger charge is 2.53. The summed E-state index contributed by atoms with van der Waals surface area (Å²) in [6, 6.07) is 3.40. The van der Waals surface area contributed by atoms with E-state index >= 15 is 0 Å². The molecule has 5 rings (SSSR count). The molecule has 1 aromatic rings. The van der Waals surface area contributed by atoms with Gasteiger partial charge in [-0.25, -0.2) is 0 Å². The Kier molecular flexibility index (Phi) is 3.17. The first-order chi connectivity index (χ1) is 10.5. The highest BCUT2D eigenvalue weighted by Crippen LogP contribution is 2.61. The SMILES string of the molecule is CC(NC(=O)c1cc[n+]([O-])cc1)C12CC3CC(CC(C3)C1)C2. The van der Waals surface area contributed by atoms with E-state index in [1.54, 1.807) is 12.1 Å². The number of pyridine rings is 1. The van der Waals surface area contributed by atoms with Gasteiger partial charge in [0.2, 0.25) is 0 Å². The molecule has 0 saturated heterocycles. The number of aromatic nitrogens is 1. The van der Waals surface area contributed by atoms with Gasteiger partial charge < -0.3 is 10.5 Å². The van der Waals surface area contributed by atoms with E-state index in [4.69, 9.17) is 0 Å². The smallest absolute Gasteiger partial charge is 0.251 e. The van der Waals surface area contributed by atoms with E-state index in [1.165, 1.54) is 50.9 Å². The molecule has 1 N–H and O–H groups in total. The van der Waals surface area contributed by atoms with Gasteiger partial charge in [-0.1, -0.05) is 0 Å². The Morgan fingerprint density at radius 3 is 2.18 bits per heavy atom. The quantitative estimate of drug-likeness (QED) is 0.689. The fourth-order valence-corrected chi connectivity index (χ4v) is 5.71. The molecule has 0 radical (unpaired) electrons. The first-order valence-corrected chi connectivity index (χ1v) is 8.54. The Hall–Kier alpha value is -1.58. The van der Waals surface area contributed by atoms with Crippen LogP contribution in [-0.2, 0) is 0 Å². The Morgan fingerprint density at radius 1 is 1.18 bits per heavy atom. The molecule has 4 saturated carbocycles. The number of nitrogens with zero attached hydrogens (tertiary/aromatic N) is 1. The number of amides is 1. The zero-order chi connectivity index (χ0) is 15.3. The van der Waals surface area contributed by atoms with Gasteiger partial charge in [0.25, 0.3) is 5.91 Å². The van der Waals surface area contributed by atoms with Gasteiger partial charge in [0.1, 0.15) is 0 Å². The molecular weight excluding hydrogens is 276 g/mol. The molecule has 0 aromatic carbocycles. The third-order valence-electron chi connectivity index (χ3n) is 6.42. The van der Waals surface area contributed by atoms with Gasteiger partial charge >= 0.3 is 0 Å². The van der Waals surface area contributed by atoms with Crippen LogP contribution in [0.2, 0.25) is 0 Å². The summed E-state index contributed by atoms with van der Waals surface area (Å²) in [5.74, 6) is 2.62. The summed E-state index contributed by atoms with van der Waals surface area (Å²) in [5, 5.41) is 14.3. The monoisotopic (exact) mass is 300 g/mol. The zero-order valence-electron chi connectivity index (χ0n) is 13.1. The topological polar surface area (TPSA) is 56.0 Å². The summed E-state index contributed by atoms with van der Waals surface area (Å²) in [4.78, 5) is 12.4. The molecule has 0 spiro atoms. The van der Waals surface area contributed by atoms with E-state index in [0.29, 0.717) is 15.7 Å². The van der Waals surface area contributed by atoms with Gasteiger partial charge in [0.15, 0.2) is 12.4 Å². The van der Waals surface area contributed by atoms with E-state index < -0.39 is 0 Å². The number of nitrogens with one attached hydrogen (secondary N) is 1. The number of rotatable bonds is 3. The lowest BCUT2D eigenvalue weighted by molar-refractivity contribution is -0.605. The molecule has 22 heavy (non-hydrogen) atoms. The lowest BCUT2D eigenvalue weighted by Gasteiger charge is -2.59. The highest BCUT2D eigenvalue weighted by atomic mass is 16.5. The van der Waals surface area contributed by atoms with Crippen LogP contribution >= 0.6 is 0 Å². The molecule has 118 valence electrons. The molecule has 4 nitrogen and oxygen atoms in total.